The number of hydrogen-bond acceptors (Lipinski definition) is 3. The molecular formula is C18H25ClN2O3. The van der Waals surface area contributed by atoms with Crippen molar-refractivity contribution >= 4 is 23.4 Å². The molecule has 2 amide bonds. The molecule has 1 heterocycles. The molecule has 1 aromatic rings. The first kappa shape index (κ1) is 18.7. The molecule has 0 spiro atoms. The Balaban J connectivity index is 2.09. The third kappa shape index (κ3) is 5.21. The van der Waals surface area contributed by atoms with Crippen LogP contribution in [0.25, 0.3) is 0 Å². The highest BCUT2D eigenvalue weighted by molar-refractivity contribution is 6.30. The molecule has 1 N–H and O–H groups in total. The molecule has 1 aliphatic heterocycles. The maximum atomic E-state index is 12.7. The lowest BCUT2D eigenvalue weighted by Crippen LogP contribution is -2.49. The number of carbonyl (C=O) groups excluding carboxylic acids is 2. The first-order valence-electron chi connectivity index (χ1n) is 8.34. The van der Waals surface area contributed by atoms with Gasteiger partial charge in [-0.3, -0.25) is 9.59 Å². The number of amides is 2. The first-order valence-corrected chi connectivity index (χ1v) is 8.72. The van der Waals surface area contributed by atoms with Crippen LogP contribution in [0.5, 0.6) is 0 Å². The van der Waals surface area contributed by atoms with Crippen molar-refractivity contribution in [1.29, 1.82) is 0 Å². The van der Waals surface area contributed by atoms with E-state index in [1.165, 1.54) is 6.92 Å². The van der Waals surface area contributed by atoms with Crippen LogP contribution in [0.2, 0.25) is 5.02 Å². The first-order chi connectivity index (χ1) is 11.4. The van der Waals surface area contributed by atoms with Crippen LogP contribution in [0, 0.1) is 0 Å². The van der Waals surface area contributed by atoms with E-state index in [0.29, 0.717) is 18.1 Å². The monoisotopic (exact) mass is 352 g/mol. The number of benzene rings is 1. The van der Waals surface area contributed by atoms with Crippen LogP contribution < -0.4 is 5.32 Å². The molecule has 3 atom stereocenters. The standard InChI is InChI=1S/C18H25ClN2O3/c1-4-16-11-21(10-12(2)24-16)18(23)9-17(20-13(3)22)14-5-7-15(19)8-6-14/h5-8,12,16-17H,4,9-11H2,1-3H3,(H,20,22). The van der Waals surface area contributed by atoms with Crippen LogP contribution in [0.3, 0.4) is 0 Å². The smallest absolute Gasteiger partial charge is 0.225 e. The van der Waals surface area contributed by atoms with E-state index in [4.69, 9.17) is 16.3 Å². The van der Waals surface area contributed by atoms with Crippen molar-refractivity contribution in [2.75, 3.05) is 13.1 Å². The molecule has 6 heteroatoms. The van der Waals surface area contributed by atoms with Crippen molar-refractivity contribution in [1.82, 2.24) is 10.2 Å². The van der Waals surface area contributed by atoms with Crippen LogP contribution in [-0.2, 0) is 14.3 Å². The number of nitrogens with zero attached hydrogens (tertiary/aromatic N) is 1. The van der Waals surface area contributed by atoms with Gasteiger partial charge in [-0.2, -0.15) is 0 Å². The number of morpholine rings is 1. The van der Waals surface area contributed by atoms with E-state index < -0.39 is 0 Å². The Morgan fingerprint density at radius 2 is 2.00 bits per heavy atom. The highest BCUT2D eigenvalue weighted by Crippen LogP contribution is 2.22. The molecule has 5 nitrogen and oxygen atoms in total. The van der Waals surface area contributed by atoms with Crippen molar-refractivity contribution in [3.8, 4) is 0 Å². The van der Waals surface area contributed by atoms with Gasteiger partial charge in [-0.15, -0.1) is 0 Å². The summed E-state index contributed by atoms with van der Waals surface area (Å²) in [6, 6.07) is 6.85. The van der Waals surface area contributed by atoms with E-state index in [2.05, 4.69) is 12.2 Å². The predicted molar refractivity (Wildman–Crippen MR) is 93.8 cm³/mol. The maximum Gasteiger partial charge on any atom is 0.225 e. The minimum absolute atomic E-state index is 0.0253. The molecule has 0 aliphatic carbocycles. The van der Waals surface area contributed by atoms with Gasteiger partial charge in [-0.1, -0.05) is 30.7 Å². The maximum absolute atomic E-state index is 12.7. The lowest BCUT2D eigenvalue weighted by molar-refractivity contribution is -0.145. The second kappa shape index (κ2) is 8.49. The Kier molecular flexibility index (Phi) is 6.63. The summed E-state index contributed by atoms with van der Waals surface area (Å²) >= 11 is 5.92. The van der Waals surface area contributed by atoms with Gasteiger partial charge in [0.1, 0.15) is 0 Å². The number of rotatable bonds is 5. The van der Waals surface area contributed by atoms with Gasteiger partial charge < -0.3 is 15.0 Å². The number of halogens is 1. The molecule has 1 aromatic carbocycles. The number of nitrogens with one attached hydrogen (secondary N) is 1. The SMILES string of the molecule is CCC1CN(C(=O)CC(NC(C)=O)c2ccc(Cl)cc2)CC(C)O1. The Morgan fingerprint density at radius 1 is 1.33 bits per heavy atom. The second-order valence-electron chi connectivity index (χ2n) is 6.28. The summed E-state index contributed by atoms with van der Waals surface area (Å²) in [4.78, 5) is 26.1. The average Bonchev–Trinajstić information content (AvgIpc) is 2.53. The van der Waals surface area contributed by atoms with Gasteiger partial charge in [0, 0.05) is 25.0 Å². The summed E-state index contributed by atoms with van der Waals surface area (Å²) in [6.45, 7) is 6.68. The highest BCUT2D eigenvalue weighted by atomic mass is 35.5. The van der Waals surface area contributed by atoms with Crippen molar-refractivity contribution < 1.29 is 14.3 Å². The third-order valence-electron chi connectivity index (χ3n) is 4.16. The van der Waals surface area contributed by atoms with E-state index in [0.717, 1.165) is 12.0 Å². The minimum Gasteiger partial charge on any atom is -0.372 e. The molecule has 1 saturated heterocycles. The van der Waals surface area contributed by atoms with Crippen LogP contribution in [0.1, 0.15) is 45.2 Å². The molecule has 1 fully saturated rings. The largest absolute Gasteiger partial charge is 0.372 e. The molecule has 0 bridgehead atoms. The molecule has 0 radical (unpaired) electrons. The summed E-state index contributed by atoms with van der Waals surface area (Å²) in [5, 5.41) is 3.49. The summed E-state index contributed by atoms with van der Waals surface area (Å²) in [6.07, 6.45) is 1.21. The molecule has 3 unspecified atom stereocenters. The predicted octanol–water partition coefficient (Wildman–Crippen LogP) is 2.93. The Labute approximate surface area is 148 Å². The zero-order chi connectivity index (χ0) is 17.7. The molecular weight excluding hydrogens is 328 g/mol. The summed E-state index contributed by atoms with van der Waals surface area (Å²) < 4.78 is 5.80. The molecule has 24 heavy (non-hydrogen) atoms. The Morgan fingerprint density at radius 3 is 2.58 bits per heavy atom. The van der Waals surface area contributed by atoms with E-state index >= 15 is 0 Å². The van der Waals surface area contributed by atoms with Crippen LogP contribution >= 0.6 is 11.6 Å². The number of carbonyl (C=O) groups is 2. The van der Waals surface area contributed by atoms with Gasteiger partial charge in [-0.05, 0) is 31.0 Å². The van der Waals surface area contributed by atoms with Crippen molar-refractivity contribution in [2.45, 2.75) is 51.9 Å². The molecule has 0 saturated carbocycles. The fourth-order valence-electron chi connectivity index (χ4n) is 2.97. The lowest BCUT2D eigenvalue weighted by atomic mass is 10.0. The van der Waals surface area contributed by atoms with E-state index in [1.807, 2.05) is 24.0 Å². The van der Waals surface area contributed by atoms with Crippen molar-refractivity contribution in [2.24, 2.45) is 0 Å². The quantitative estimate of drug-likeness (QED) is 0.886. The van der Waals surface area contributed by atoms with Crippen LogP contribution in [0.15, 0.2) is 24.3 Å². The van der Waals surface area contributed by atoms with Crippen LogP contribution in [-0.4, -0.2) is 42.0 Å². The van der Waals surface area contributed by atoms with Gasteiger partial charge in [0.25, 0.3) is 0 Å². The van der Waals surface area contributed by atoms with E-state index in [1.54, 1.807) is 12.1 Å². The zero-order valence-corrected chi connectivity index (χ0v) is 15.2. The normalized spacial score (nSPS) is 22.1. The topological polar surface area (TPSA) is 58.6 Å². The van der Waals surface area contributed by atoms with E-state index in [9.17, 15) is 9.59 Å². The third-order valence-corrected chi connectivity index (χ3v) is 4.41. The van der Waals surface area contributed by atoms with Gasteiger partial charge >= 0.3 is 0 Å². The van der Waals surface area contributed by atoms with Crippen LogP contribution in [0.4, 0.5) is 0 Å². The fraction of sp³-hybridized carbons (Fsp3) is 0.556. The fourth-order valence-corrected chi connectivity index (χ4v) is 3.10. The Bertz CT molecular complexity index is 576. The second-order valence-corrected chi connectivity index (χ2v) is 6.72. The van der Waals surface area contributed by atoms with Crippen molar-refractivity contribution in [3.63, 3.8) is 0 Å². The van der Waals surface area contributed by atoms with Gasteiger partial charge in [-0.25, -0.2) is 0 Å². The molecule has 0 aromatic heterocycles. The van der Waals surface area contributed by atoms with E-state index in [-0.39, 0.29) is 36.5 Å². The zero-order valence-electron chi connectivity index (χ0n) is 14.4. The highest BCUT2D eigenvalue weighted by Gasteiger charge is 2.29. The lowest BCUT2D eigenvalue weighted by Gasteiger charge is -2.37. The van der Waals surface area contributed by atoms with Gasteiger partial charge in [0.15, 0.2) is 0 Å². The molecule has 1 aliphatic rings. The average molecular weight is 353 g/mol. The summed E-state index contributed by atoms with van der Waals surface area (Å²) in [5.74, 6) is -0.137. The molecule has 132 valence electrons. The summed E-state index contributed by atoms with van der Waals surface area (Å²) in [7, 11) is 0. The van der Waals surface area contributed by atoms with Gasteiger partial charge in [0.05, 0.1) is 24.7 Å². The number of ether oxygens (including phenoxy) is 1. The van der Waals surface area contributed by atoms with Crippen molar-refractivity contribution in [3.05, 3.63) is 34.9 Å². The summed E-state index contributed by atoms with van der Waals surface area (Å²) in [5.41, 5.74) is 0.872. The Hall–Kier alpha value is -1.59. The molecule has 2 rings (SSSR count). The van der Waals surface area contributed by atoms with Gasteiger partial charge in [0.2, 0.25) is 11.8 Å². The number of hydrogen-bond donors (Lipinski definition) is 1. The minimum atomic E-state index is -0.356.